The predicted octanol–water partition coefficient (Wildman–Crippen LogP) is 0.426. The summed E-state index contributed by atoms with van der Waals surface area (Å²) in [5.74, 6) is -0.651. The molecule has 0 radical (unpaired) electrons. The second-order valence-electron chi connectivity index (χ2n) is 4.46. The maximum atomic E-state index is 11.6. The smallest absolute Gasteiger partial charge is 0.337 e. The number of rotatable bonds is 7. The maximum absolute atomic E-state index is 11.6. The Kier molecular flexibility index (Phi) is 6.06. The van der Waals surface area contributed by atoms with Gasteiger partial charge in [-0.25, -0.2) is 4.79 Å². The van der Waals surface area contributed by atoms with Crippen molar-refractivity contribution < 1.29 is 34.7 Å². The van der Waals surface area contributed by atoms with Crippen molar-refractivity contribution in [3.8, 4) is 0 Å². The molecule has 0 aromatic heterocycles. The molecule has 124 valence electrons. The molecule has 0 bridgehead atoms. The Balaban J connectivity index is 3.07. The van der Waals surface area contributed by atoms with Gasteiger partial charge < -0.3 is 4.74 Å². The highest BCUT2D eigenvalue weighted by Gasteiger charge is 2.12. The minimum absolute atomic E-state index is 0.129. The SMILES string of the molecule is COC(=O)c1cc(COS(C)(=O)=O)cc(COS(C)(=O)=O)c1. The third kappa shape index (κ3) is 6.98. The molecule has 8 nitrogen and oxygen atoms in total. The van der Waals surface area contributed by atoms with Crippen LogP contribution >= 0.6 is 0 Å². The van der Waals surface area contributed by atoms with Crippen molar-refractivity contribution in [3.63, 3.8) is 0 Å². The molecule has 0 spiro atoms. The number of esters is 1. The summed E-state index contributed by atoms with van der Waals surface area (Å²) in [6, 6.07) is 4.25. The Labute approximate surface area is 129 Å². The van der Waals surface area contributed by atoms with Crippen molar-refractivity contribution >= 4 is 26.2 Å². The van der Waals surface area contributed by atoms with Crippen LogP contribution in [0.2, 0.25) is 0 Å². The van der Waals surface area contributed by atoms with E-state index < -0.39 is 26.2 Å². The highest BCUT2D eigenvalue weighted by Crippen LogP contribution is 2.15. The van der Waals surface area contributed by atoms with Crippen LogP contribution in [-0.4, -0.2) is 42.4 Å². The molecular formula is C12H16O8S2. The molecule has 0 unspecified atom stereocenters. The average molecular weight is 352 g/mol. The van der Waals surface area contributed by atoms with Crippen LogP contribution in [0.5, 0.6) is 0 Å². The number of methoxy groups -OCH3 is 1. The summed E-state index contributed by atoms with van der Waals surface area (Å²) in [5, 5.41) is 0. The van der Waals surface area contributed by atoms with E-state index in [2.05, 4.69) is 13.1 Å². The van der Waals surface area contributed by atoms with E-state index in [0.29, 0.717) is 11.1 Å². The molecule has 1 rings (SSSR count). The molecule has 1 aromatic carbocycles. The molecule has 0 fully saturated rings. The first kappa shape index (κ1) is 18.6. The van der Waals surface area contributed by atoms with E-state index in [-0.39, 0.29) is 18.8 Å². The predicted molar refractivity (Wildman–Crippen MR) is 77.0 cm³/mol. The molecule has 0 atom stereocenters. The lowest BCUT2D eigenvalue weighted by atomic mass is 10.1. The first-order valence-corrected chi connectivity index (χ1v) is 9.53. The first-order chi connectivity index (χ1) is 10.00. The monoisotopic (exact) mass is 352 g/mol. The van der Waals surface area contributed by atoms with Gasteiger partial charge in [0.15, 0.2) is 0 Å². The normalized spacial score (nSPS) is 12.1. The maximum Gasteiger partial charge on any atom is 0.337 e. The summed E-state index contributed by atoms with van der Waals surface area (Å²) in [6.07, 6.45) is 1.79. The number of benzene rings is 1. The lowest BCUT2D eigenvalue weighted by Gasteiger charge is -2.09. The zero-order chi connectivity index (χ0) is 17.0. The van der Waals surface area contributed by atoms with Crippen molar-refractivity contribution in [1.82, 2.24) is 0 Å². The molecule has 0 amide bonds. The topological polar surface area (TPSA) is 113 Å². The lowest BCUT2D eigenvalue weighted by molar-refractivity contribution is 0.0600. The summed E-state index contributed by atoms with van der Waals surface area (Å²) in [7, 11) is -6.12. The van der Waals surface area contributed by atoms with E-state index in [1.807, 2.05) is 0 Å². The van der Waals surface area contributed by atoms with E-state index in [4.69, 9.17) is 0 Å². The van der Waals surface area contributed by atoms with E-state index >= 15 is 0 Å². The standard InChI is InChI=1S/C12H16O8S2/c1-18-12(13)11-5-9(7-19-21(2,14)15)4-10(6-11)8-20-22(3,16)17/h4-6H,7-8H2,1-3H3. The molecule has 0 aliphatic rings. The van der Waals surface area contributed by atoms with Gasteiger partial charge in [-0.3, -0.25) is 8.37 Å². The van der Waals surface area contributed by atoms with Crippen molar-refractivity contribution in [2.24, 2.45) is 0 Å². The molecule has 22 heavy (non-hydrogen) atoms. The zero-order valence-electron chi connectivity index (χ0n) is 12.2. The summed E-state index contributed by atoms with van der Waals surface area (Å²) in [4.78, 5) is 11.6. The van der Waals surface area contributed by atoms with E-state index in [9.17, 15) is 21.6 Å². The van der Waals surface area contributed by atoms with Gasteiger partial charge in [0.2, 0.25) is 0 Å². The van der Waals surface area contributed by atoms with Gasteiger partial charge in [0, 0.05) is 0 Å². The highest BCUT2D eigenvalue weighted by molar-refractivity contribution is 7.86. The van der Waals surface area contributed by atoms with Gasteiger partial charge in [-0.15, -0.1) is 0 Å². The second kappa shape index (κ2) is 7.18. The number of ether oxygens (including phenoxy) is 1. The van der Waals surface area contributed by atoms with Crippen LogP contribution in [-0.2, 0) is 46.6 Å². The van der Waals surface area contributed by atoms with Gasteiger partial charge in [-0.05, 0) is 23.3 Å². The van der Waals surface area contributed by atoms with Gasteiger partial charge in [-0.2, -0.15) is 16.8 Å². The van der Waals surface area contributed by atoms with Crippen molar-refractivity contribution in [3.05, 3.63) is 34.9 Å². The summed E-state index contributed by atoms with van der Waals surface area (Å²) < 4.78 is 57.9. The van der Waals surface area contributed by atoms with Crippen LogP contribution in [0.1, 0.15) is 21.5 Å². The van der Waals surface area contributed by atoms with Crippen LogP contribution in [0.15, 0.2) is 18.2 Å². The molecule has 0 heterocycles. The quantitative estimate of drug-likeness (QED) is 0.513. The van der Waals surface area contributed by atoms with Gasteiger partial charge >= 0.3 is 5.97 Å². The van der Waals surface area contributed by atoms with Crippen molar-refractivity contribution in [2.45, 2.75) is 13.2 Å². The van der Waals surface area contributed by atoms with Crippen molar-refractivity contribution in [2.75, 3.05) is 19.6 Å². The third-order valence-electron chi connectivity index (χ3n) is 2.35. The third-order valence-corrected chi connectivity index (χ3v) is 3.45. The van der Waals surface area contributed by atoms with Gasteiger partial charge in [0.05, 0.1) is 38.4 Å². The molecule has 0 saturated carbocycles. The van der Waals surface area contributed by atoms with Crippen LogP contribution in [0.25, 0.3) is 0 Å². The Morgan fingerprint density at radius 1 is 0.909 bits per heavy atom. The summed E-state index contributed by atoms with van der Waals surface area (Å²) in [6.45, 7) is -0.592. The number of carbonyl (C=O) groups excluding carboxylic acids is 1. The zero-order valence-corrected chi connectivity index (χ0v) is 13.9. The summed E-state index contributed by atoms with van der Waals surface area (Å²) in [5.41, 5.74) is 0.852. The largest absolute Gasteiger partial charge is 0.465 e. The molecule has 1 aromatic rings. The van der Waals surface area contributed by atoms with Crippen LogP contribution in [0, 0.1) is 0 Å². The Morgan fingerprint density at radius 2 is 1.32 bits per heavy atom. The molecule has 0 saturated heterocycles. The Bertz CT molecular complexity index is 695. The van der Waals surface area contributed by atoms with Crippen molar-refractivity contribution in [1.29, 1.82) is 0 Å². The molecule has 0 aliphatic carbocycles. The second-order valence-corrected chi connectivity index (χ2v) is 7.75. The number of carbonyl (C=O) groups is 1. The van der Waals surface area contributed by atoms with Crippen LogP contribution < -0.4 is 0 Å². The van der Waals surface area contributed by atoms with Gasteiger partial charge in [-0.1, -0.05) is 6.07 Å². The highest BCUT2D eigenvalue weighted by atomic mass is 32.2. The minimum atomic E-state index is -3.65. The van der Waals surface area contributed by atoms with E-state index in [0.717, 1.165) is 12.5 Å². The molecule has 0 aliphatic heterocycles. The molecule has 0 N–H and O–H groups in total. The van der Waals surface area contributed by atoms with Gasteiger partial charge in [0.25, 0.3) is 20.2 Å². The average Bonchev–Trinajstić information content (AvgIpc) is 2.40. The molecular weight excluding hydrogens is 336 g/mol. The fourth-order valence-electron chi connectivity index (χ4n) is 1.52. The Morgan fingerprint density at radius 3 is 1.64 bits per heavy atom. The lowest BCUT2D eigenvalue weighted by Crippen LogP contribution is -2.08. The van der Waals surface area contributed by atoms with Gasteiger partial charge in [0.1, 0.15) is 0 Å². The fraction of sp³-hybridized carbons (Fsp3) is 0.417. The minimum Gasteiger partial charge on any atom is -0.465 e. The fourth-order valence-corrected chi connectivity index (χ4v) is 2.22. The van der Waals surface area contributed by atoms with E-state index in [1.165, 1.54) is 25.3 Å². The molecule has 10 heteroatoms. The van der Waals surface area contributed by atoms with E-state index in [1.54, 1.807) is 0 Å². The number of hydrogen-bond acceptors (Lipinski definition) is 8. The Hall–Kier alpha value is -1.49. The van der Waals surface area contributed by atoms with Crippen LogP contribution in [0.3, 0.4) is 0 Å². The first-order valence-electron chi connectivity index (χ1n) is 5.90. The van der Waals surface area contributed by atoms with Crippen LogP contribution in [0.4, 0.5) is 0 Å². The summed E-state index contributed by atoms with van der Waals surface area (Å²) >= 11 is 0. The number of hydrogen-bond donors (Lipinski definition) is 0.